The third kappa shape index (κ3) is 3.99. The molecule has 0 saturated carbocycles. The molecule has 0 unspecified atom stereocenters. The van der Waals surface area contributed by atoms with Crippen molar-refractivity contribution in [2.75, 3.05) is 0 Å². The molecule has 0 aliphatic heterocycles. The fraction of sp³-hybridized carbons (Fsp3) is 0.200. The average molecular weight is 229 g/mol. The van der Waals surface area contributed by atoms with Gasteiger partial charge >= 0.3 is 11.9 Å². The SMILES string of the molecule is O=C(O)Cc1cc(Cl)cc(CC(=O)O)c1. The summed E-state index contributed by atoms with van der Waals surface area (Å²) in [6, 6.07) is 4.57. The Morgan fingerprint density at radius 2 is 1.40 bits per heavy atom. The Morgan fingerprint density at radius 3 is 1.73 bits per heavy atom. The van der Waals surface area contributed by atoms with E-state index in [0.29, 0.717) is 16.1 Å². The highest BCUT2D eigenvalue weighted by Crippen LogP contribution is 2.16. The lowest BCUT2D eigenvalue weighted by atomic mass is 10.1. The lowest BCUT2D eigenvalue weighted by Crippen LogP contribution is -2.03. The van der Waals surface area contributed by atoms with Crippen LogP contribution in [0.3, 0.4) is 0 Å². The molecule has 0 fully saturated rings. The number of carboxylic acids is 2. The zero-order valence-corrected chi connectivity index (χ0v) is 8.49. The van der Waals surface area contributed by atoms with Crippen molar-refractivity contribution < 1.29 is 19.8 Å². The van der Waals surface area contributed by atoms with Crippen LogP contribution >= 0.6 is 11.6 Å². The summed E-state index contributed by atoms with van der Waals surface area (Å²) in [5, 5.41) is 17.5. The van der Waals surface area contributed by atoms with Gasteiger partial charge in [0.2, 0.25) is 0 Å². The molecule has 0 amide bonds. The summed E-state index contributed by atoms with van der Waals surface area (Å²) in [6.45, 7) is 0. The van der Waals surface area contributed by atoms with E-state index in [1.165, 1.54) is 18.2 Å². The second kappa shape index (κ2) is 4.79. The molecule has 80 valence electrons. The number of carboxylic acid groups (broad SMARTS) is 2. The van der Waals surface area contributed by atoms with E-state index < -0.39 is 11.9 Å². The zero-order valence-electron chi connectivity index (χ0n) is 7.74. The van der Waals surface area contributed by atoms with E-state index in [9.17, 15) is 9.59 Å². The molecule has 5 heteroatoms. The van der Waals surface area contributed by atoms with Crippen LogP contribution in [0.2, 0.25) is 5.02 Å². The summed E-state index contributed by atoms with van der Waals surface area (Å²) in [5.74, 6) is -1.95. The van der Waals surface area contributed by atoms with E-state index >= 15 is 0 Å². The Balaban J connectivity index is 2.94. The lowest BCUT2D eigenvalue weighted by Gasteiger charge is -2.02. The van der Waals surface area contributed by atoms with Gasteiger partial charge < -0.3 is 10.2 Å². The van der Waals surface area contributed by atoms with Gasteiger partial charge in [-0.2, -0.15) is 0 Å². The minimum atomic E-state index is -0.974. The molecule has 15 heavy (non-hydrogen) atoms. The molecule has 2 N–H and O–H groups in total. The fourth-order valence-corrected chi connectivity index (χ4v) is 1.55. The van der Waals surface area contributed by atoms with E-state index in [4.69, 9.17) is 21.8 Å². The Hall–Kier alpha value is -1.55. The van der Waals surface area contributed by atoms with Crippen molar-refractivity contribution in [2.45, 2.75) is 12.8 Å². The molecule has 0 aliphatic carbocycles. The number of carbonyl (C=O) groups is 2. The summed E-state index contributed by atoms with van der Waals surface area (Å²) in [7, 11) is 0. The van der Waals surface area contributed by atoms with Crippen LogP contribution in [0.25, 0.3) is 0 Å². The number of hydrogen-bond acceptors (Lipinski definition) is 2. The first-order chi connectivity index (χ1) is 6.97. The molecule has 0 aliphatic rings. The van der Waals surface area contributed by atoms with Crippen molar-refractivity contribution in [1.29, 1.82) is 0 Å². The minimum Gasteiger partial charge on any atom is -0.481 e. The minimum absolute atomic E-state index is 0.160. The molecule has 1 aromatic carbocycles. The average Bonchev–Trinajstić information content (AvgIpc) is 1.98. The largest absolute Gasteiger partial charge is 0.481 e. The molecule has 1 aromatic rings. The molecule has 0 saturated heterocycles. The third-order valence-corrected chi connectivity index (χ3v) is 1.95. The summed E-state index contributed by atoms with van der Waals surface area (Å²) in [6.07, 6.45) is -0.319. The quantitative estimate of drug-likeness (QED) is 0.821. The van der Waals surface area contributed by atoms with Gasteiger partial charge in [-0.1, -0.05) is 17.7 Å². The van der Waals surface area contributed by atoms with Crippen molar-refractivity contribution >= 4 is 23.5 Å². The van der Waals surface area contributed by atoms with Crippen LogP contribution in [0, 0.1) is 0 Å². The number of benzene rings is 1. The van der Waals surface area contributed by atoms with Gasteiger partial charge in [0.1, 0.15) is 0 Å². The van der Waals surface area contributed by atoms with Gasteiger partial charge in [-0.25, -0.2) is 0 Å². The first kappa shape index (κ1) is 11.5. The fourth-order valence-electron chi connectivity index (χ4n) is 1.27. The molecule has 0 aromatic heterocycles. The van der Waals surface area contributed by atoms with Gasteiger partial charge in [-0.05, 0) is 23.3 Å². The highest BCUT2D eigenvalue weighted by atomic mass is 35.5. The van der Waals surface area contributed by atoms with Crippen LogP contribution in [0.5, 0.6) is 0 Å². The van der Waals surface area contributed by atoms with E-state index in [-0.39, 0.29) is 12.8 Å². The monoisotopic (exact) mass is 228 g/mol. The highest BCUT2D eigenvalue weighted by Gasteiger charge is 2.06. The predicted octanol–water partition coefficient (Wildman–Crippen LogP) is 1.59. The van der Waals surface area contributed by atoms with Gasteiger partial charge in [0.05, 0.1) is 12.8 Å². The zero-order chi connectivity index (χ0) is 11.4. The summed E-state index contributed by atoms with van der Waals surface area (Å²) in [5.41, 5.74) is 1.01. The Bertz CT molecular complexity index is 366. The van der Waals surface area contributed by atoms with Crippen LogP contribution in [0.15, 0.2) is 18.2 Å². The molecule has 4 nitrogen and oxygen atoms in total. The van der Waals surface area contributed by atoms with E-state index in [1.807, 2.05) is 0 Å². The van der Waals surface area contributed by atoms with Crippen LogP contribution in [0.4, 0.5) is 0 Å². The van der Waals surface area contributed by atoms with Crippen molar-refractivity contribution in [2.24, 2.45) is 0 Å². The highest BCUT2D eigenvalue weighted by molar-refractivity contribution is 6.30. The summed E-state index contributed by atoms with van der Waals surface area (Å²) in [4.78, 5) is 20.9. The molecule has 1 rings (SSSR count). The summed E-state index contributed by atoms with van der Waals surface area (Å²) >= 11 is 5.73. The standard InChI is InChI=1S/C10H9ClO4/c11-8-2-6(4-9(12)13)1-7(3-8)5-10(14)15/h1-3H,4-5H2,(H,12,13)(H,14,15). The molecule has 0 radical (unpaired) electrons. The number of rotatable bonds is 4. The van der Waals surface area contributed by atoms with E-state index in [1.54, 1.807) is 0 Å². The number of hydrogen-bond donors (Lipinski definition) is 2. The topological polar surface area (TPSA) is 74.6 Å². The number of aliphatic carboxylic acids is 2. The molecule has 0 spiro atoms. The smallest absolute Gasteiger partial charge is 0.307 e. The van der Waals surface area contributed by atoms with E-state index in [0.717, 1.165) is 0 Å². The predicted molar refractivity (Wildman–Crippen MR) is 54.1 cm³/mol. The molecular formula is C10H9ClO4. The van der Waals surface area contributed by atoms with Gasteiger partial charge in [0.25, 0.3) is 0 Å². The van der Waals surface area contributed by atoms with Gasteiger partial charge in [-0.3, -0.25) is 9.59 Å². The van der Waals surface area contributed by atoms with Crippen molar-refractivity contribution in [3.63, 3.8) is 0 Å². The van der Waals surface area contributed by atoms with Crippen LogP contribution in [-0.2, 0) is 22.4 Å². The normalized spacial score (nSPS) is 9.93. The Labute approximate surface area is 91.1 Å². The molecular weight excluding hydrogens is 220 g/mol. The molecule has 0 bridgehead atoms. The Kier molecular flexibility index (Phi) is 3.68. The Morgan fingerprint density at radius 1 is 1.00 bits per heavy atom. The summed E-state index contributed by atoms with van der Waals surface area (Å²) < 4.78 is 0. The van der Waals surface area contributed by atoms with Crippen LogP contribution in [0.1, 0.15) is 11.1 Å². The lowest BCUT2D eigenvalue weighted by molar-refractivity contribution is -0.137. The first-order valence-electron chi connectivity index (χ1n) is 4.19. The third-order valence-electron chi connectivity index (χ3n) is 1.73. The maximum Gasteiger partial charge on any atom is 0.307 e. The maximum atomic E-state index is 10.5. The molecule has 0 heterocycles. The first-order valence-corrected chi connectivity index (χ1v) is 4.57. The van der Waals surface area contributed by atoms with Gasteiger partial charge in [0, 0.05) is 5.02 Å². The molecule has 0 atom stereocenters. The van der Waals surface area contributed by atoms with Crippen molar-refractivity contribution in [1.82, 2.24) is 0 Å². The van der Waals surface area contributed by atoms with Crippen molar-refractivity contribution in [3.05, 3.63) is 34.3 Å². The van der Waals surface area contributed by atoms with Crippen LogP contribution in [-0.4, -0.2) is 22.2 Å². The second-order valence-electron chi connectivity index (χ2n) is 3.11. The number of halogens is 1. The van der Waals surface area contributed by atoms with Crippen molar-refractivity contribution in [3.8, 4) is 0 Å². The van der Waals surface area contributed by atoms with Crippen LogP contribution < -0.4 is 0 Å². The van der Waals surface area contributed by atoms with Gasteiger partial charge in [0.15, 0.2) is 0 Å². The van der Waals surface area contributed by atoms with Gasteiger partial charge in [-0.15, -0.1) is 0 Å². The van der Waals surface area contributed by atoms with E-state index in [2.05, 4.69) is 0 Å². The second-order valence-corrected chi connectivity index (χ2v) is 3.55. The maximum absolute atomic E-state index is 10.5.